The molecule has 0 amide bonds. The van der Waals surface area contributed by atoms with Gasteiger partial charge >= 0.3 is 0 Å². The predicted molar refractivity (Wildman–Crippen MR) is 57.6 cm³/mol. The maximum Gasteiger partial charge on any atom is 0.0389 e. The number of hydrogen-bond donors (Lipinski definition) is 0. The molecule has 1 aromatic rings. The molecule has 0 N–H and O–H groups in total. The fraction of sp³-hybridized carbons (Fsp3) is 0.455. The van der Waals surface area contributed by atoms with E-state index in [1.807, 2.05) is 22.6 Å². The molecule has 2 heteroatoms. The van der Waals surface area contributed by atoms with E-state index in [2.05, 4.69) is 19.1 Å². The molecule has 1 rings (SSSR count). The molecule has 0 aliphatic carbocycles. The fourth-order valence-corrected chi connectivity index (χ4v) is 1.45. The highest BCUT2D eigenvalue weighted by Gasteiger charge is 2.00. The van der Waals surface area contributed by atoms with Gasteiger partial charge in [0.1, 0.15) is 0 Å². The minimum Gasteiger partial charge on any atom is -0.216 e. The van der Waals surface area contributed by atoms with Crippen molar-refractivity contribution < 1.29 is 0 Å². The fourth-order valence-electron chi connectivity index (χ4n) is 1.19. The minimum atomic E-state index is 0.836. The second-order valence-corrected chi connectivity index (χ2v) is 3.66. The first-order valence-electron chi connectivity index (χ1n) is 4.77. The molecule has 0 aliphatic rings. The summed E-state index contributed by atoms with van der Waals surface area (Å²) in [7, 11) is 0. The molecule has 0 saturated heterocycles. The van der Waals surface area contributed by atoms with Gasteiger partial charge in [-0.1, -0.05) is 43.7 Å². The molecule has 13 heavy (non-hydrogen) atoms. The lowest BCUT2D eigenvalue weighted by molar-refractivity contribution is 0.437. The van der Waals surface area contributed by atoms with Gasteiger partial charge in [0.15, 0.2) is 0 Å². The maximum absolute atomic E-state index is 6.03. The Morgan fingerprint density at radius 1 is 1.23 bits per heavy atom. The number of unbranched alkanes of at least 4 members (excludes halogenated alkanes) is 1. The first-order valence-corrected chi connectivity index (χ1v) is 5.11. The van der Waals surface area contributed by atoms with Crippen molar-refractivity contribution in [2.75, 3.05) is 6.54 Å². The van der Waals surface area contributed by atoms with Crippen LogP contribution in [0, 0.1) is 0 Å². The Labute approximate surface area is 85.4 Å². The highest BCUT2D eigenvalue weighted by Crippen LogP contribution is 2.07. The Hall–Kier alpha value is -0.530. The van der Waals surface area contributed by atoms with E-state index in [0.29, 0.717) is 0 Å². The Morgan fingerprint density at radius 2 is 1.92 bits per heavy atom. The van der Waals surface area contributed by atoms with Crippen LogP contribution in [0.3, 0.4) is 0 Å². The number of benzene rings is 1. The van der Waals surface area contributed by atoms with Crippen LogP contribution in [0.2, 0.25) is 0 Å². The van der Waals surface area contributed by atoms with Crippen molar-refractivity contribution in [3.8, 4) is 0 Å². The van der Waals surface area contributed by atoms with Crippen molar-refractivity contribution >= 4 is 11.8 Å². The zero-order chi connectivity index (χ0) is 9.52. The number of halogens is 1. The van der Waals surface area contributed by atoms with Crippen LogP contribution in [-0.2, 0) is 6.54 Å². The Bertz CT molecular complexity index is 223. The molecule has 0 saturated carbocycles. The SMILES string of the molecule is CCCCN(Cl)Cc1ccccc1. The minimum absolute atomic E-state index is 0.836. The average molecular weight is 198 g/mol. The first kappa shape index (κ1) is 10.6. The summed E-state index contributed by atoms with van der Waals surface area (Å²) >= 11 is 6.03. The molecule has 1 aromatic carbocycles. The third-order valence-electron chi connectivity index (χ3n) is 1.95. The zero-order valence-corrected chi connectivity index (χ0v) is 8.80. The summed E-state index contributed by atoms with van der Waals surface area (Å²) < 4.78 is 1.85. The lowest BCUT2D eigenvalue weighted by atomic mass is 10.2. The van der Waals surface area contributed by atoms with Crippen molar-refractivity contribution in [1.82, 2.24) is 4.42 Å². The highest BCUT2D eigenvalue weighted by molar-refractivity contribution is 6.13. The molecule has 0 radical (unpaired) electrons. The van der Waals surface area contributed by atoms with Gasteiger partial charge in [0.2, 0.25) is 0 Å². The van der Waals surface area contributed by atoms with Crippen LogP contribution in [0.25, 0.3) is 0 Å². The van der Waals surface area contributed by atoms with E-state index in [1.54, 1.807) is 0 Å². The summed E-state index contributed by atoms with van der Waals surface area (Å²) in [5, 5.41) is 0. The van der Waals surface area contributed by atoms with Gasteiger partial charge in [-0.3, -0.25) is 0 Å². The Kier molecular flexibility index (Phi) is 4.87. The molecule has 0 aromatic heterocycles. The van der Waals surface area contributed by atoms with Gasteiger partial charge in [0.25, 0.3) is 0 Å². The Morgan fingerprint density at radius 3 is 2.54 bits per heavy atom. The second-order valence-electron chi connectivity index (χ2n) is 3.18. The van der Waals surface area contributed by atoms with Crippen molar-refractivity contribution in [3.05, 3.63) is 35.9 Å². The van der Waals surface area contributed by atoms with E-state index in [1.165, 1.54) is 12.0 Å². The smallest absolute Gasteiger partial charge is 0.0389 e. The van der Waals surface area contributed by atoms with Gasteiger partial charge in [0, 0.05) is 13.1 Å². The van der Waals surface area contributed by atoms with Crippen molar-refractivity contribution in [2.45, 2.75) is 26.3 Å². The summed E-state index contributed by atoms with van der Waals surface area (Å²) in [6.07, 6.45) is 2.36. The average Bonchev–Trinajstić information content (AvgIpc) is 2.16. The van der Waals surface area contributed by atoms with Gasteiger partial charge in [-0.05, 0) is 23.8 Å². The van der Waals surface area contributed by atoms with E-state index >= 15 is 0 Å². The summed E-state index contributed by atoms with van der Waals surface area (Å²) in [6, 6.07) is 10.3. The number of rotatable bonds is 5. The molecule has 0 aliphatic heterocycles. The van der Waals surface area contributed by atoms with E-state index in [0.717, 1.165) is 19.5 Å². The molecule has 0 heterocycles. The lowest BCUT2D eigenvalue weighted by Gasteiger charge is -2.12. The number of nitrogens with zero attached hydrogens (tertiary/aromatic N) is 1. The summed E-state index contributed by atoms with van der Waals surface area (Å²) in [5.74, 6) is 0. The summed E-state index contributed by atoms with van der Waals surface area (Å²) in [6.45, 7) is 3.97. The standard InChI is InChI=1S/C11H16ClN/c1-2-3-9-13(12)10-11-7-5-4-6-8-11/h4-8H,2-3,9-10H2,1H3. The van der Waals surface area contributed by atoms with Crippen molar-refractivity contribution in [2.24, 2.45) is 0 Å². The second kappa shape index (κ2) is 6.01. The van der Waals surface area contributed by atoms with E-state index in [4.69, 9.17) is 11.8 Å². The van der Waals surface area contributed by atoms with Crippen LogP contribution in [0.1, 0.15) is 25.3 Å². The first-order chi connectivity index (χ1) is 6.33. The zero-order valence-electron chi connectivity index (χ0n) is 8.04. The molecule has 0 unspecified atom stereocenters. The van der Waals surface area contributed by atoms with Crippen LogP contribution in [0.4, 0.5) is 0 Å². The molecule has 0 bridgehead atoms. The van der Waals surface area contributed by atoms with Gasteiger partial charge in [-0.25, -0.2) is 4.42 Å². The summed E-state index contributed by atoms with van der Waals surface area (Å²) in [4.78, 5) is 0. The predicted octanol–water partition coefficient (Wildman–Crippen LogP) is 3.44. The van der Waals surface area contributed by atoms with Gasteiger partial charge < -0.3 is 0 Å². The quantitative estimate of drug-likeness (QED) is 0.654. The van der Waals surface area contributed by atoms with E-state index in [9.17, 15) is 0 Å². The van der Waals surface area contributed by atoms with E-state index in [-0.39, 0.29) is 0 Å². The van der Waals surface area contributed by atoms with Crippen molar-refractivity contribution in [3.63, 3.8) is 0 Å². The van der Waals surface area contributed by atoms with E-state index < -0.39 is 0 Å². The molecule has 0 spiro atoms. The van der Waals surface area contributed by atoms with Crippen LogP contribution < -0.4 is 0 Å². The molecular formula is C11H16ClN. The van der Waals surface area contributed by atoms with Crippen LogP contribution >= 0.6 is 11.8 Å². The Balaban J connectivity index is 2.32. The topological polar surface area (TPSA) is 3.24 Å². The third kappa shape index (κ3) is 4.30. The monoisotopic (exact) mass is 197 g/mol. The number of hydrogen-bond acceptors (Lipinski definition) is 1. The third-order valence-corrected chi connectivity index (χ3v) is 2.24. The molecular weight excluding hydrogens is 182 g/mol. The maximum atomic E-state index is 6.03. The lowest BCUT2D eigenvalue weighted by Crippen LogP contribution is -2.12. The molecule has 0 fully saturated rings. The molecule has 72 valence electrons. The van der Waals surface area contributed by atoms with Crippen molar-refractivity contribution in [1.29, 1.82) is 0 Å². The molecule has 0 atom stereocenters. The van der Waals surface area contributed by atoms with Crippen LogP contribution in [0.5, 0.6) is 0 Å². The van der Waals surface area contributed by atoms with Crippen LogP contribution in [-0.4, -0.2) is 11.0 Å². The normalized spacial score (nSPS) is 10.7. The highest BCUT2D eigenvalue weighted by atomic mass is 35.5. The van der Waals surface area contributed by atoms with Gasteiger partial charge in [0.05, 0.1) is 0 Å². The molecule has 1 nitrogen and oxygen atoms in total. The van der Waals surface area contributed by atoms with Crippen LogP contribution in [0.15, 0.2) is 30.3 Å². The van der Waals surface area contributed by atoms with Gasteiger partial charge in [-0.2, -0.15) is 0 Å². The largest absolute Gasteiger partial charge is 0.216 e. The summed E-state index contributed by atoms with van der Waals surface area (Å²) in [5.41, 5.74) is 1.27. The van der Waals surface area contributed by atoms with Gasteiger partial charge in [-0.15, -0.1) is 0 Å².